The fourth-order valence-electron chi connectivity index (χ4n) is 2.94. The number of esters is 1. The molecular formula is C22H20BrNO5S2. The first kappa shape index (κ1) is 23.3. The van der Waals surface area contributed by atoms with E-state index in [0.717, 1.165) is 16.8 Å². The van der Waals surface area contributed by atoms with Gasteiger partial charge in [0, 0.05) is 0 Å². The summed E-state index contributed by atoms with van der Waals surface area (Å²) in [5.41, 5.74) is 2.46. The topological polar surface area (TPSA) is 65.1 Å². The molecule has 0 aliphatic carbocycles. The van der Waals surface area contributed by atoms with E-state index < -0.39 is 5.97 Å². The zero-order valence-electron chi connectivity index (χ0n) is 17.1. The van der Waals surface area contributed by atoms with Gasteiger partial charge in [-0.3, -0.25) is 9.69 Å². The van der Waals surface area contributed by atoms with E-state index in [-0.39, 0.29) is 19.1 Å². The average molecular weight is 522 g/mol. The molecule has 1 saturated heterocycles. The van der Waals surface area contributed by atoms with E-state index in [4.69, 9.17) is 26.4 Å². The maximum Gasteiger partial charge on any atom is 0.344 e. The Labute approximate surface area is 198 Å². The van der Waals surface area contributed by atoms with Gasteiger partial charge in [-0.05, 0) is 65.2 Å². The minimum atomic E-state index is -0.472. The van der Waals surface area contributed by atoms with Crippen molar-refractivity contribution in [3.05, 3.63) is 56.9 Å². The Hall–Kier alpha value is -2.36. The second-order valence-corrected chi connectivity index (χ2v) is 8.96. The van der Waals surface area contributed by atoms with Gasteiger partial charge in [0.2, 0.25) is 0 Å². The lowest BCUT2D eigenvalue weighted by molar-refractivity contribution is -0.145. The van der Waals surface area contributed by atoms with Crippen LogP contribution in [0.5, 0.6) is 11.5 Å². The molecule has 0 aromatic heterocycles. The Bertz CT molecular complexity index is 1070. The van der Waals surface area contributed by atoms with Crippen LogP contribution in [-0.2, 0) is 14.3 Å². The summed E-state index contributed by atoms with van der Waals surface area (Å²) in [6, 6.07) is 11.1. The number of hydrogen-bond donors (Lipinski definition) is 0. The molecule has 1 amide bonds. The van der Waals surface area contributed by atoms with E-state index in [9.17, 15) is 9.59 Å². The number of nitrogens with zero attached hydrogens (tertiary/aromatic N) is 1. The molecule has 0 spiro atoms. The first-order valence-electron chi connectivity index (χ1n) is 9.35. The summed E-state index contributed by atoms with van der Waals surface area (Å²) in [6.45, 7) is 3.71. The summed E-state index contributed by atoms with van der Waals surface area (Å²) in [7, 11) is 1.50. The minimum absolute atomic E-state index is 0.179. The monoisotopic (exact) mass is 521 g/mol. The van der Waals surface area contributed by atoms with Gasteiger partial charge in [0.1, 0.15) is 0 Å². The van der Waals surface area contributed by atoms with Crippen molar-refractivity contribution in [3.63, 3.8) is 0 Å². The third kappa shape index (κ3) is 5.28. The zero-order chi connectivity index (χ0) is 22.5. The Balaban J connectivity index is 1.87. The van der Waals surface area contributed by atoms with E-state index in [1.165, 1.54) is 18.9 Å². The predicted octanol–water partition coefficient (Wildman–Crippen LogP) is 5.11. The fraction of sp³-hybridized carbons (Fsp3) is 0.227. The standard InChI is InChI=1S/C22H20BrNO5S2/c1-4-28-19(25)12-29-20-15(23)9-14(10-17(20)27-3)11-18-21(26)24(22(30)31-18)16-8-6-5-7-13(16)2/h5-11H,4,12H2,1-3H3. The molecule has 9 heteroatoms. The van der Waals surface area contributed by atoms with Crippen LogP contribution in [0.2, 0.25) is 0 Å². The van der Waals surface area contributed by atoms with E-state index in [2.05, 4.69) is 15.9 Å². The smallest absolute Gasteiger partial charge is 0.344 e. The van der Waals surface area contributed by atoms with E-state index in [0.29, 0.717) is 25.2 Å². The molecule has 2 aromatic rings. The van der Waals surface area contributed by atoms with Gasteiger partial charge in [0.25, 0.3) is 5.91 Å². The molecule has 6 nitrogen and oxygen atoms in total. The predicted molar refractivity (Wildman–Crippen MR) is 130 cm³/mol. The zero-order valence-corrected chi connectivity index (χ0v) is 20.4. The van der Waals surface area contributed by atoms with Crippen LogP contribution in [0.3, 0.4) is 0 Å². The number of aryl methyl sites for hydroxylation is 1. The Morgan fingerprint density at radius 3 is 2.71 bits per heavy atom. The highest BCUT2D eigenvalue weighted by molar-refractivity contribution is 9.10. The molecule has 3 rings (SSSR count). The van der Waals surface area contributed by atoms with Crippen molar-refractivity contribution in [1.82, 2.24) is 0 Å². The number of carbonyl (C=O) groups is 2. The molecule has 1 aliphatic heterocycles. The number of amides is 1. The van der Waals surface area contributed by atoms with Gasteiger partial charge in [-0.1, -0.05) is 42.2 Å². The molecule has 1 heterocycles. The molecule has 0 unspecified atom stereocenters. The molecule has 162 valence electrons. The van der Waals surface area contributed by atoms with E-state index >= 15 is 0 Å². The highest BCUT2D eigenvalue weighted by Gasteiger charge is 2.34. The highest BCUT2D eigenvalue weighted by Crippen LogP contribution is 2.40. The summed E-state index contributed by atoms with van der Waals surface area (Å²) in [6.07, 6.45) is 1.75. The number of benzene rings is 2. The summed E-state index contributed by atoms with van der Waals surface area (Å²) in [5, 5.41) is 0. The summed E-state index contributed by atoms with van der Waals surface area (Å²) < 4.78 is 16.9. The number of thiocarbonyl (C=S) groups is 1. The fourth-order valence-corrected chi connectivity index (χ4v) is 4.80. The largest absolute Gasteiger partial charge is 0.493 e. The number of methoxy groups -OCH3 is 1. The van der Waals surface area contributed by atoms with Crippen molar-refractivity contribution in [2.45, 2.75) is 13.8 Å². The third-order valence-corrected chi connectivity index (χ3v) is 6.23. The Morgan fingerprint density at radius 2 is 2.03 bits per heavy atom. The van der Waals surface area contributed by atoms with Crippen LogP contribution in [0.15, 0.2) is 45.8 Å². The number of ether oxygens (including phenoxy) is 3. The maximum absolute atomic E-state index is 13.0. The second-order valence-electron chi connectivity index (χ2n) is 6.43. The highest BCUT2D eigenvalue weighted by atomic mass is 79.9. The lowest BCUT2D eigenvalue weighted by atomic mass is 10.1. The van der Waals surface area contributed by atoms with Crippen molar-refractivity contribution >= 4 is 67.9 Å². The summed E-state index contributed by atoms with van der Waals surface area (Å²) in [5.74, 6) is 0.141. The minimum Gasteiger partial charge on any atom is -0.493 e. The maximum atomic E-state index is 13.0. The second kappa shape index (κ2) is 10.3. The van der Waals surface area contributed by atoms with Gasteiger partial charge in [0.15, 0.2) is 22.4 Å². The number of anilines is 1. The van der Waals surface area contributed by atoms with Crippen LogP contribution < -0.4 is 14.4 Å². The van der Waals surface area contributed by atoms with Crippen LogP contribution in [-0.4, -0.2) is 36.5 Å². The van der Waals surface area contributed by atoms with Crippen LogP contribution in [0.25, 0.3) is 6.08 Å². The number of thioether (sulfide) groups is 1. The Kier molecular flexibility index (Phi) is 7.74. The van der Waals surface area contributed by atoms with Gasteiger partial charge in [-0.25, -0.2) is 4.79 Å². The van der Waals surface area contributed by atoms with Gasteiger partial charge in [-0.2, -0.15) is 0 Å². The summed E-state index contributed by atoms with van der Waals surface area (Å²) in [4.78, 5) is 26.7. The van der Waals surface area contributed by atoms with Gasteiger partial charge in [-0.15, -0.1) is 0 Å². The van der Waals surface area contributed by atoms with Crippen molar-refractivity contribution in [1.29, 1.82) is 0 Å². The van der Waals surface area contributed by atoms with Crippen molar-refractivity contribution in [3.8, 4) is 11.5 Å². The normalized spacial score (nSPS) is 14.8. The number of hydrogen-bond acceptors (Lipinski definition) is 7. The summed E-state index contributed by atoms with van der Waals surface area (Å²) >= 11 is 10.1. The quantitative estimate of drug-likeness (QED) is 0.284. The van der Waals surface area contributed by atoms with Gasteiger partial charge in [0.05, 0.1) is 28.8 Å². The molecule has 0 radical (unpaired) electrons. The number of rotatable bonds is 7. The lowest BCUT2D eigenvalue weighted by Gasteiger charge is -2.16. The van der Waals surface area contributed by atoms with E-state index in [1.807, 2.05) is 31.2 Å². The third-order valence-electron chi connectivity index (χ3n) is 4.34. The molecule has 0 bridgehead atoms. The molecule has 0 N–H and O–H groups in total. The van der Waals surface area contributed by atoms with Crippen molar-refractivity contribution < 1.29 is 23.8 Å². The van der Waals surface area contributed by atoms with Gasteiger partial charge >= 0.3 is 5.97 Å². The van der Waals surface area contributed by atoms with Crippen molar-refractivity contribution in [2.24, 2.45) is 0 Å². The Morgan fingerprint density at radius 1 is 1.29 bits per heavy atom. The molecule has 1 aliphatic rings. The number of carbonyl (C=O) groups excluding carboxylic acids is 2. The molecule has 0 saturated carbocycles. The van der Waals surface area contributed by atoms with Crippen LogP contribution in [0.1, 0.15) is 18.1 Å². The van der Waals surface area contributed by atoms with Gasteiger partial charge < -0.3 is 14.2 Å². The average Bonchev–Trinajstić information content (AvgIpc) is 3.00. The molecular weight excluding hydrogens is 502 g/mol. The van der Waals surface area contributed by atoms with Crippen molar-refractivity contribution in [2.75, 3.05) is 25.2 Å². The molecule has 31 heavy (non-hydrogen) atoms. The lowest BCUT2D eigenvalue weighted by Crippen LogP contribution is -2.28. The SMILES string of the molecule is CCOC(=O)COc1c(Br)cc(C=C2SC(=S)N(c3ccccc3C)C2=O)cc1OC. The molecule has 1 fully saturated rings. The van der Waals surface area contributed by atoms with Crippen LogP contribution >= 0.6 is 39.9 Å². The number of halogens is 1. The molecule has 2 aromatic carbocycles. The van der Waals surface area contributed by atoms with Crippen LogP contribution in [0.4, 0.5) is 5.69 Å². The molecule has 0 atom stereocenters. The van der Waals surface area contributed by atoms with Crippen LogP contribution in [0, 0.1) is 6.92 Å². The first-order chi connectivity index (χ1) is 14.8. The van der Waals surface area contributed by atoms with E-state index in [1.54, 1.807) is 30.0 Å². The number of para-hydroxylation sites is 1. The first-order valence-corrected chi connectivity index (χ1v) is 11.4.